The van der Waals surface area contributed by atoms with Crippen LogP contribution in [0.15, 0.2) is 34.6 Å². The van der Waals surface area contributed by atoms with Gasteiger partial charge in [0.2, 0.25) is 0 Å². The maximum atomic E-state index is 5.38. The topological polar surface area (TPSA) is 39.9 Å². The summed E-state index contributed by atoms with van der Waals surface area (Å²) in [6.45, 7) is 3.60. The van der Waals surface area contributed by atoms with Crippen molar-refractivity contribution >= 4 is 23.5 Å². The Balaban J connectivity index is 1.87. The van der Waals surface area contributed by atoms with Crippen molar-refractivity contribution in [1.29, 1.82) is 0 Å². The van der Waals surface area contributed by atoms with Crippen LogP contribution in [0.4, 0.5) is 0 Å². The van der Waals surface area contributed by atoms with Crippen LogP contribution in [0, 0.1) is 0 Å². The van der Waals surface area contributed by atoms with Gasteiger partial charge in [-0.25, -0.2) is 0 Å². The summed E-state index contributed by atoms with van der Waals surface area (Å²) in [7, 11) is 2.00. The summed E-state index contributed by atoms with van der Waals surface area (Å²) in [6, 6.07) is 8.72. The van der Waals surface area contributed by atoms with E-state index >= 15 is 0 Å². The Morgan fingerprint density at radius 3 is 2.38 bits per heavy atom. The van der Waals surface area contributed by atoms with Gasteiger partial charge < -0.3 is 9.30 Å². The van der Waals surface area contributed by atoms with Crippen molar-refractivity contribution in [2.75, 3.05) is 19.5 Å². The Morgan fingerprint density at radius 1 is 1.10 bits per heavy atom. The second-order valence-electron chi connectivity index (χ2n) is 4.58. The molecule has 114 valence electrons. The molecule has 0 radical (unpaired) electrons. The maximum absolute atomic E-state index is 5.38. The Labute approximate surface area is 134 Å². The second-order valence-corrected chi connectivity index (χ2v) is 6.30. The molecule has 1 aromatic carbocycles. The van der Waals surface area contributed by atoms with E-state index in [-0.39, 0.29) is 0 Å². The molecule has 2 aromatic rings. The summed E-state index contributed by atoms with van der Waals surface area (Å²) < 4.78 is 7.41. The Morgan fingerprint density at radius 2 is 1.76 bits per heavy atom. The summed E-state index contributed by atoms with van der Waals surface area (Å²) in [6.07, 6.45) is 2.99. The molecule has 0 aliphatic heterocycles. The average Bonchev–Trinajstić information content (AvgIpc) is 2.87. The third-order valence-corrected chi connectivity index (χ3v) is 4.92. The van der Waals surface area contributed by atoms with Crippen molar-refractivity contribution in [3.05, 3.63) is 35.4 Å². The van der Waals surface area contributed by atoms with E-state index < -0.39 is 0 Å². The van der Waals surface area contributed by atoms with Crippen LogP contribution >= 0.6 is 23.5 Å². The highest BCUT2D eigenvalue weighted by atomic mass is 32.2. The summed E-state index contributed by atoms with van der Waals surface area (Å²) in [4.78, 5) is 0. The largest absolute Gasteiger partial charge is 0.381 e. The first-order valence-corrected chi connectivity index (χ1v) is 9.17. The van der Waals surface area contributed by atoms with Gasteiger partial charge in [0.15, 0.2) is 10.3 Å². The number of benzene rings is 1. The highest BCUT2D eigenvalue weighted by Crippen LogP contribution is 2.23. The van der Waals surface area contributed by atoms with E-state index in [1.54, 1.807) is 23.5 Å². The zero-order chi connectivity index (χ0) is 15.1. The van der Waals surface area contributed by atoms with Gasteiger partial charge in [0.1, 0.15) is 0 Å². The van der Waals surface area contributed by atoms with Gasteiger partial charge in [-0.15, -0.1) is 10.2 Å². The summed E-state index contributed by atoms with van der Waals surface area (Å²) in [5.74, 6) is 0.909. The lowest BCUT2D eigenvalue weighted by Gasteiger charge is -2.05. The van der Waals surface area contributed by atoms with Crippen LogP contribution in [0.1, 0.15) is 18.1 Å². The molecule has 0 saturated heterocycles. The fourth-order valence-corrected chi connectivity index (χ4v) is 3.30. The summed E-state index contributed by atoms with van der Waals surface area (Å²) in [5.41, 5.74) is 2.62. The molecule has 0 aliphatic carbocycles. The Bertz CT molecular complexity index is 555. The molecule has 1 heterocycles. The van der Waals surface area contributed by atoms with E-state index in [4.69, 9.17) is 4.74 Å². The SMILES string of the molecule is CCOCCc1ccc(CSc2nnc(SC)n2C)cc1. The molecular weight excluding hydrogens is 302 g/mol. The molecule has 1 aromatic heterocycles. The maximum Gasteiger partial charge on any atom is 0.191 e. The smallest absolute Gasteiger partial charge is 0.191 e. The number of rotatable bonds is 8. The molecule has 0 amide bonds. The fraction of sp³-hybridized carbons (Fsp3) is 0.467. The summed E-state index contributed by atoms with van der Waals surface area (Å²) >= 11 is 3.33. The first-order valence-electron chi connectivity index (χ1n) is 6.96. The molecule has 0 atom stereocenters. The van der Waals surface area contributed by atoms with Crippen molar-refractivity contribution in [2.24, 2.45) is 7.05 Å². The van der Waals surface area contributed by atoms with Gasteiger partial charge in [0.25, 0.3) is 0 Å². The number of thioether (sulfide) groups is 2. The summed E-state index contributed by atoms with van der Waals surface area (Å²) in [5, 5.41) is 10.3. The lowest BCUT2D eigenvalue weighted by molar-refractivity contribution is 0.151. The van der Waals surface area contributed by atoms with Gasteiger partial charge in [-0.1, -0.05) is 47.8 Å². The number of aromatic nitrogens is 3. The van der Waals surface area contributed by atoms with Crippen molar-refractivity contribution in [3.8, 4) is 0 Å². The highest BCUT2D eigenvalue weighted by Gasteiger charge is 2.08. The normalized spacial score (nSPS) is 11.0. The molecule has 2 rings (SSSR count). The Hall–Kier alpha value is -0.980. The van der Waals surface area contributed by atoms with Gasteiger partial charge in [-0.3, -0.25) is 0 Å². The quantitative estimate of drug-likeness (QED) is 0.550. The van der Waals surface area contributed by atoms with Gasteiger partial charge in [0.05, 0.1) is 6.61 Å². The first-order chi connectivity index (χ1) is 10.2. The van der Waals surface area contributed by atoms with E-state index in [2.05, 4.69) is 34.5 Å². The molecule has 4 nitrogen and oxygen atoms in total. The molecule has 0 aliphatic rings. The van der Waals surface area contributed by atoms with Gasteiger partial charge in [-0.05, 0) is 30.7 Å². The van der Waals surface area contributed by atoms with Crippen molar-refractivity contribution in [1.82, 2.24) is 14.8 Å². The van der Waals surface area contributed by atoms with E-state index in [9.17, 15) is 0 Å². The number of nitrogens with zero attached hydrogens (tertiary/aromatic N) is 3. The van der Waals surface area contributed by atoms with Crippen LogP contribution in [0.2, 0.25) is 0 Å². The lowest BCUT2D eigenvalue weighted by Crippen LogP contribution is -1.98. The van der Waals surface area contributed by atoms with Gasteiger partial charge in [0, 0.05) is 19.4 Å². The predicted molar refractivity (Wildman–Crippen MR) is 89.0 cm³/mol. The molecule has 6 heteroatoms. The molecule has 21 heavy (non-hydrogen) atoms. The van der Waals surface area contributed by atoms with Crippen LogP contribution in [-0.2, 0) is 24.0 Å². The first kappa shape index (κ1) is 16.4. The minimum absolute atomic E-state index is 0.782. The van der Waals surface area contributed by atoms with Crippen LogP contribution in [0.25, 0.3) is 0 Å². The number of ether oxygens (including phenoxy) is 1. The van der Waals surface area contributed by atoms with E-state index in [0.29, 0.717) is 0 Å². The predicted octanol–water partition coefficient (Wildman–Crippen LogP) is 3.41. The van der Waals surface area contributed by atoms with Crippen molar-refractivity contribution in [3.63, 3.8) is 0 Å². The average molecular weight is 323 g/mol. The van der Waals surface area contributed by atoms with Gasteiger partial charge in [-0.2, -0.15) is 0 Å². The van der Waals surface area contributed by atoms with Gasteiger partial charge >= 0.3 is 0 Å². The third-order valence-electron chi connectivity index (χ3n) is 3.11. The van der Waals surface area contributed by atoms with Crippen LogP contribution in [0.3, 0.4) is 0 Å². The number of hydrogen-bond donors (Lipinski definition) is 0. The zero-order valence-corrected chi connectivity index (χ0v) is 14.3. The fourth-order valence-electron chi connectivity index (χ4n) is 1.89. The monoisotopic (exact) mass is 323 g/mol. The minimum Gasteiger partial charge on any atom is -0.381 e. The van der Waals surface area contributed by atoms with Crippen LogP contribution in [0.5, 0.6) is 0 Å². The zero-order valence-electron chi connectivity index (χ0n) is 12.7. The molecular formula is C15H21N3OS2. The Kier molecular flexibility index (Phi) is 6.60. The van der Waals surface area contributed by atoms with E-state index in [0.717, 1.165) is 35.7 Å². The number of hydrogen-bond acceptors (Lipinski definition) is 5. The molecule has 0 spiro atoms. The van der Waals surface area contributed by atoms with Crippen LogP contribution in [-0.4, -0.2) is 34.2 Å². The lowest BCUT2D eigenvalue weighted by atomic mass is 10.1. The molecule has 0 saturated carbocycles. The highest BCUT2D eigenvalue weighted by molar-refractivity contribution is 7.99. The van der Waals surface area contributed by atoms with Crippen molar-refractivity contribution in [2.45, 2.75) is 29.4 Å². The van der Waals surface area contributed by atoms with Crippen molar-refractivity contribution < 1.29 is 4.74 Å². The van der Waals surface area contributed by atoms with E-state index in [1.165, 1.54) is 11.1 Å². The minimum atomic E-state index is 0.782. The molecule has 0 unspecified atom stereocenters. The van der Waals surface area contributed by atoms with E-state index in [1.807, 2.05) is 24.8 Å². The molecule has 0 bridgehead atoms. The second kappa shape index (κ2) is 8.46. The standard InChI is InChI=1S/C15H21N3OS2/c1-4-19-10-9-12-5-7-13(8-6-12)11-21-15-17-16-14(20-3)18(15)2/h5-8H,4,9-11H2,1-3H3. The molecule has 0 N–H and O–H groups in total. The third kappa shape index (κ3) is 4.76. The molecule has 0 fully saturated rings. The van der Waals surface area contributed by atoms with Crippen LogP contribution < -0.4 is 0 Å².